The average molecular weight is 354 g/mol. The minimum atomic E-state index is 0.914. The maximum Gasteiger partial charge on any atom is 0.119 e. The minimum absolute atomic E-state index is 0.914. The van der Waals surface area contributed by atoms with Crippen LogP contribution in [0.15, 0.2) is 52.8 Å². The highest BCUT2D eigenvalue weighted by molar-refractivity contribution is 5.71. The highest BCUT2D eigenvalue weighted by Crippen LogP contribution is 2.29. The van der Waals surface area contributed by atoms with Gasteiger partial charge in [-0.05, 0) is 87.8 Å². The third-order valence-electron chi connectivity index (χ3n) is 5.46. The molecule has 0 N–H and O–H groups in total. The van der Waals surface area contributed by atoms with E-state index in [0.29, 0.717) is 0 Å². The van der Waals surface area contributed by atoms with Crippen molar-refractivity contribution < 1.29 is 4.74 Å². The molecule has 2 nitrogen and oxygen atoms in total. The van der Waals surface area contributed by atoms with Gasteiger partial charge in [0, 0.05) is 18.8 Å². The van der Waals surface area contributed by atoms with Gasteiger partial charge in [0.2, 0.25) is 0 Å². The SMILES string of the molecule is CC/C(=C\C(=C(C)C)/C(C)=C(\C)N1CCCCC1)c1cccc(OC)c1. The van der Waals surface area contributed by atoms with Gasteiger partial charge in [-0.3, -0.25) is 0 Å². The first-order valence-electron chi connectivity index (χ1n) is 9.93. The number of methoxy groups -OCH3 is 1. The second kappa shape index (κ2) is 9.66. The molecule has 0 amide bonds. The molecule has 142 valence electrons. The second-order valence-corrected chi connectivity index (χ2v) is 7.43. The predicted octanol–water partition coefficient (Wildman–Crippen LogP) is 6.60. The molecule has 0 aliphatic carbocycles. The third-order valence-corrected chi connectivity index (χ3v) is 5.46. The summed E-state index contributed by atoms with van der Waals surface area (Å²) in [6.45, 7) is 13.6. The fraction of sp³-hybridized carbons (Fsp3) is 0.500. The molecule has 0 unspecified atom stereocenters. The van der Waals surface area contributed by atoms with Crippen LogP contribution in [0.1, 0.15) is 65.9 Å². The third kappa shape index (κ3) is 5.03. The van der Waals surface area contributed by atoms with E-state index < -0.39 is 0 Å². The fourth-order valence-corrected chi connectivity index (χ4v) is 3.68. The lowest BCUT2D eigenvalue weighted by molar-refractivity contribution is 0.284. The lowest BCUT2D eigenvalue weighted by Gasteiger charge is -2.31. The number of ether oxygens (including phenoxy) is 1. The Morgan fingerprint density at radius 1 is 1.08 bits per heavy atom. The van der Waals surface area contributed by atoms with Crippen molar-refractivity contribution in [3.05, 3.63) is 58.3 Å². The number of piperidine rings is 1. The van der Waals surface area contributed by atoms with Crippen LogP contribution in [0.25, 0.3) is 5.57 Å². The molecule has 2 rings (SSSR count). The van der Waals surface area contributed by atoms with Gasteiger partial charge in [-0.25, -0.2) is 0 Å². The first kappa shape index (κ1) is 20.4. The standard InChI is InChI=1S/C24H35NO/c1-7-21(22-12-11-13-23(16-22)26-6)17-24(18(2)3)19(4)20(5)25-14-9-8-10-15-25/h11-13,16-17H,7-10,14-15H2,1-6H3/b20-19+,21-17+. The summed E-state index contributed by atoms with van der Waals surface area (Å²) in [4.78, 5) is 2.56. The van der Waals surface area contributed by atoms with Crippen LogP contribution in [0, 0.1) is 0 Å². The van der Waals surface area contributed by atoms with Crippen LogP contribution in [0.5, 0.6) is 5.75 Å². The molecule has 1 heterocycles. The quantitative estimate of drug-likeness (QED) is 0.534. The van der Waals surface area contributed by atoms with Gasteiger partial charge in [0.15, 0.2) is 0 Å². The van der Waals surface area contributed by atoms with Crippen molar-refractivity contribution in [1.29, 1.82) is 0 Å². The molecular weight excluding hydrogens is 318 g/mol. The monoisotopic (exact) mass is 353 g/mol. The topological polar surface area (TPSA) is 12.5 Å². The van der Waals surface area contributed by atoms with Crippen LogP contribution < -0.4 is 4.74 Å². The highest BCUT2D eigenvalue weighted by atomic mass is 16.5. The van der Waals surface area contributed by atoms with Crippen LogP contribution in [0.4, 0.5) is 0 Å². The van der Waals surface area contributed by atoms with Crippen molar-refractivity contribution >= 4 is 5.57 Å². The van der Waals surface area contributed by atoms with Gasteiger partial charge in [-0.1, -0.05) is 30.7 Å². The molecule has 1 aliphatic heterocycles. The van der Waals surface area contributed by atoms with Crippen LogP contribution in [-0.2, 0) is 0 Å². The zero-order valence-electron chi connectivity index (χ0n) is 17.5. The van der Waals surface area contributed by atoms with Gasteiger partial charge in [-0.2, -0.15) is 0 Å². The van der Waals surface area contributed by atoms with E-state index in [9.17, 15) is 0 Å². The van der Waals surface area contributed by atoms with E-state index in [1.165, 1.54) is 65.9 Å². The molecule has 1 fully saturated rings. The number of benzene rings is 1. The molecule has 0 bridgehead atoms. The number of allylic oxidation sites excluding steroid dienone is 6. The number of likely N-dealkylation sites (tertiary alicyclic amines) is 1. The van der Waals surface area contributed by atoms with Gasteiger partial charge < -0.3 is 9.64 Å². The number of hydrogen-bond acceptors (Lipinski definition) is 2. The summed E-state index contributed by atoms with van der Waals surface area (Å²) in [5, 5.41) is 0. The van der Waals surface area contributed by atoms with Crippen molar-refractivity contribution in [2.75, 3.05) is 20.2 Å². The maximum atomic E-state index is 5.41. The Morgan fingerprint density at radius 2 is 1.77 bits per heavy atom. The Labute approximate surface area is 160 Å². The smallest absolute Gasteiger partial charge is 0.119 e. The van der Waals surface area contributed by atoms with E-state index in [0.717, 1.165) is 12.2 Å². The van der Waals surface area contributed by atoms with Gasteiger partial charge >= 0.3 is 0 Å². The van der Waals surface area contributed by atoms with Crippen LogP contribution in [0.2, 0.25) is 0 Å². The molecule has 26 heavy (non-hydrogen) atoms. The van der Waals surface area contributed by atoms with Crippen molar-refractivity contribution in [3.63, 3.8) is 0 Å². The van der Waals surface area contributed by atoms with Crippen molar-refractivity contribution in [2.45, 2.75) is 60.3 Å². The van der Waals surface area contributed by atoms with Crippen molar-refractivity contribution in [2.24, 2.45) is 0 Å². The van der Waals surface area contributed by atoms with Crippen LogP contribution in [0.3, 0.4) is 0 Å². The van der Waals surface area contributed by atoms with E-state index in [1.807, 2.05) is 6.07 Å². The summed E-state index contributed by atoms with van der Waals surface area (Å²) >= 11 is 0. The molecule has 1 aromatic carbocycles. The van der Waals surface area contributed by atoms with Crippen LogP contribution >= 0.6 is 0 Å². The summed E-state index contributed by atoms with van der Waals surface area (Å²) in [6.07, 6.45) is 7.38. The molecule has 0 radical (unpaired) electrons. The fourth-order valence-electron chi connectivity index (χ4n) is 3.68. The Bertz CT molecular complexity index is 699. The minimum Gasteiger partial charge on any atom is -0.497 e. The first-order chi connectivity index (χ1) is 12.5. The van der Waals surface area contributed by atoms with Gasteiger partial charge in [0.05, 0.1) is 7.11 Å². The van der Waals surface area contributed by atoms with Gasteiger partial charge in [0.25, 0.3) is 0 Å². The highest BCUT2D eigenvalue weighted by Gasteiger charge is 2.14. The maximum absolute atomic E-state index is 5.41. The molecule has 0 spiro atoms. The summed E-state index contributed by atoms with van der Waals surface area (Å²) in [5.41, 5.74) is 8.17. The Balaban J connectivity index is 2.41. The molecule has 0 atom stereocenters. The largest absolute Gasteiger partial charge is 0.497 e. The van der Waals surface area contributed by atoms with E-state index in [4.69, 9.17) is 4.74 Å². The zero-order valence-corrected chi connectivity index (χ0v) is 17.5. The normalized spacial score (nSPS) is 16.2. The van der Waals surface area contributed by atoms with E-state index in [1.54, 1.807) is 7.11 Å². The predicted molar refractivity (Wildman–Crippen MR) is 113 cm³/mol. The molecule has 0 saturated carbocycles. The van der Waals surface area contributed by atoms with E-state index >= 15 is 0 Å². The Kier molecular flexibility index (Phi) is 7.56. The average Bonchev–Trinajstić information content (AvgIpc) is 2.68. The molecule has 1 saturated heterocycles. The van der Waals surface area contributed by atoms with Gasteiger partial charge in [-0.15, -0.1) is 0 Å². The number of rotatable bonds is 6. The van der Waals surface area contributed by atoms with Crippen molar-refractivity contribution in [3.8, 4) is 5.75 Å². The molecule has 1 aliphatic rings. The number of hydrogen-bond donors (Lipinski definition) is 0. The lowest BCUT2D eigenvalue weighted by Crippen LogP contribution is -2.28. The Hall–Kier alpha value is -1.96. The second-order valence-electron chi connectivity index (χ2n) is 7.43. The molecular formula is C24H35NO. The zero-order chi connectivity index (χ0) is 19.1. The number of nitrogens with zero attached hydrogens (tertiary/aromatic N) is 1. The van der Waals surface area contributed by atoms with Crippen molar-refractivity contribution in [1.82, 2.24) is 4.90 Å². The summed E-state index contributed by atoms with van der Waals surface area (Å²) in [7, 11) is 1.73. The summed E-state index contributed by atoms with van der Waals surface area (Å²) in [6, 6.07) is 8.39. The molecule has 1 aromatic rings. The summed E-state index contributed by atoms with van der Waals surface area (Å²) < 4.78 is 5.41. The van der Waals surface area contributed by atoms with E-state index in [-0.39, 0.29) is 0 Å². The van der Waals surface area contributed by atoms with Crippen LogP contribution in [-0.4, -0.2) is 25.1 Å². The molecule has 2 heteroatoms. The lowest BCUT2D eigenvalue weighted by atomic mass is 9.94. The molecule has 0 aromatic heterocycles. The Morgan fingerprint density at radius 3 is 2.35 bits per heavy atom. The van der Waals surface area contributed by atoms with E-state index in [2.05, 4.69) is 63.8 Å². The van der Waals surface area contributed by atoms with Gasteiger partial charge in [0.1, 0.15) is 5.75 Å². The summed E-state index contributed by atoms with van der Waals surface area (Å²) in [5.74, 6) is 0.914. The first-order valence-corrected chi connectivity index (χ1v) is 9.93.